The maximum atomic E-state index is 5.86. The zero-order chi connectivity index (χ0) is 13.9. The normalized spacial score (nSPS) is 24.2. The van der Waals surface area contributed by atoms with Gasteiger partial charge in [-0.3, -0.25) is 0 Å². The highest BCUT2D eigenvalue weighted by Crippen LogP contribution is 2.30. The molecule has 1 aliphatic heterocycles. The Morgan fingerprint density at radius 1 is 1.35 bits per heavy atom. The number of benzene rings is 1. The molecule has 4 heteroatoms. The van der Waals surface area contributed by atoms with Gasteiger partial charge in [-0.1, -0.05) is 26.0 Å². The van der Waals surface area contributed by atoms with E-state index in [4.69, 9.17) is 10.5 Å². The lowest BCUT2D eigenvalue weighted by Crippen LogP contribution is -2.32. The summed E-state index contributed by atoms with van der Waals surface area (Å²) in [4.78, 5) is 2.54. The minimum atomic E-state index is 0. The van der Waals surface area contributed by atoms with E-state index < -0.39 is 0 Å². The Labute approximate surface area is 128 Å². The maximum Gasteiger partial charge on any atom is 0.118 e. The van der Waals surface area contributed by atoms with Crippen molar-refractivity contribution >= 4 is 12.4 Å². The SMILES string of the molecule is COc1ccc(C(C)CN2CCC(C)(CN)C2)cc1.Cl. The second kappa shape index (κ2) is 7.30. The number of nitrogens with zero attached hydrogens (tertiary/aromatic N) is 1. The summed E-state index contributed by atoms with van der Waals surface area (Å²) in [5.74, 6) is 1.47. The molecule has 1 aromatic carbocycles. The van der Waals surface area contributed by atoms with Crippen LogP contribution in [-0.2, 0) is 0 Å². The second-order valence-electron chi connectivity index (χ2n) is 6.17. The van der Waals surface area contributed by atoms with E-state index in [0.717, 1.165) is 25.4 Å². The summed E-state index contributed by atoms with van der Waals surface area (Å²) in [5.41, 5.74) is 7.56. The summed E-state index contributed by atoms with van der Waals surface area (Å²) in [6, 6.07) is 8.42. The summed E-state index contributed by atoms with van der Waals surface area (Å²) in [5, 5.41) is 0. The van der Waals surface area contributed by atoms with E-state index in [1.165, 1.54) is 18.5 Å². The van der Waals surface area contributed by atoms with Gasteiger partial charge in [-0.15, -0.1) is 12.4 Å². The number of nitrogens with two attached hydrogens (primary N) is 1. The van der Waals surface area contributed by atoms with Gasteiger partial charge >= 0.3 is 0 Å². The summed E-state index contributed by atoms with van der Waals surface area (Å²) >= 11 is 0. The first-order chi connectivity index (χ1) is 9.06. The van der Waals surface area contributed by atoms with Crippen molar-refractivity contribution in [1.29, 1.82) is 0 Å². The average Bonchev–Trinajstić information content (AvgIpc) is 2.81. The van der Waals surface area contributed by atoms with Crippen LogP contribution in [0.4, 0.5) is 0 Å². The molecule has 114 valence electrons. The summed E-state index contributed by atoms with van der Waals surface area (Å²) in [7, 11) is 1.70. The topological polar surface area (TPSA) is 38.5 Å². The van der Waals surface area contributed by atoms with Crippen molar-refractivity contribution < 1.29 is 4.74 Å². The van der Waals surface area contributed by atoms with Crippen molar-refractivity contribution in [2.75, 3.05) is 33.3 Å². The first kappa shape index (κ1) is 17.3. The highest BCUT2D eigenvalue weighted by molar-refractivity contribution is 5.85. The molecule has 1 saturated heterocycles. The molecule has 1 fully saturated rings. The molecule has 2 unspecified atom stereocenters. The molecule has 0 radical (unpaired) electrons. The van der Waals surface area contributed by atoms with Crippen LogP contribution >= 0.6 is 12.4 Å². The number of hydrogen-bond acceptors (Lipinski definition) is 3. The van der Waals surface area contributed by atoms with Crippen LogP contribution in [0.2, 0.25) is 0 Å². The van der Waals surface area contributed by atoms with E-state index >= 15 is 0 Å². The summed E-state index contributed by atoms with van der Waals surface area (Å²) in [6.07, 6.45) is 1.22. The monoisotopic (exact) mass is 298 g/mol. The van der Waals surface area contributed by atoms with Gasteiger partial charge in [-0.05, 0) is 48.5 Å². The first-order valence-electron chi connectivity index (χ1n) is 7.13. The number of hydrogen-bond donors (Lipinski definition) is 1. The molecule has 0 spiro atoms. The zero-order valence-corrected chi connectivity index (χ0v) is 13.6. The lowest BCUT2D eigenvalue weighted by Gasteiger charge is -2.25. The molecule has 1 aromatic rings. The minimum absolute atomic E-state index is 0. The third-order valence-electron chi connectivity index (χ3n) is 4.35. The molecule has 2 atom stereocenters. The molecule has 0 saturated carbocycles. The van der Waals surface area contributed by atoms with Gasteiger partial charge in [0.25, 0.3) is 0 Å². The van der Waals surface area contributed by atoms with Gasteiger partial charge in [0, 0.05) is 13.1 Å². The van der Waals surface area contributed by atoms with Crippen LogP contribution in [-0.4, -0.2) is 38.2 Å². The Hall–Kier alpha value is -0.770. The zero-order valence-electron chi connectivity index (χ0n) is 12.8. The van der Waals surface area contributed by atoms with E-state index in [9.17, 15) is 0 Å². The molecule has 0 aliphatic carbocycles. The number of ether oxygens (including phenoxy) is 1. The van der Waals surface area contributed by atoms with E-state index in [2.05, 4.69) is 30.9 Å². The maximum absolute atomic E-state index is 5.86. The summed E-state index contributed by atoms with van der Waals surface area (Å²) < 4.78 is 5.20. The van der Waals surface area contributed by atoms with E-state index in [-0.39, 0.29) is 12.4 Å². The van der Waals surface area contributed by atoms with Crippen LogP contribution in [0.3, 0.4) is 0 Å². The lowest BCUT2D eigenvalue weighted by atomic mass is 9.90. The van der Waals surface area contributed by atoms with Gasteiger partial charge in [-0.25, -0.2) is 0 Å². The van der Waals surface area contributed by atoms with E-state index in [1.54, 1.807) is 7.11 Å². The fourth-order valence-corrected chi connectivity index (χ4v) is 2.87. The Kier molecular flexibility index (Phi) is 6.31. The fourth-order valence-electron chi connectivity index (χ4n) is 2.87. The van der Waals surface area contributed by atoms with Gasteiger partial charge in [0.05, 0.1) is 7.11 Å². The number of likely N-dealkylation sites (tertiary alicyclic amines) is 1. The van der Waals surface area contributed by atoms with Gasteiger partial charge in [-0.2, -0.15) is 0 Å². The van der Waals surface area contributed by atoms with Crippen molar-refractivity contribution in [2.45, 2.75) is 26.2 Å². The highest BCUT2D eigenvalue weighted by atomic mass is 35.5. The van der Waals surface area contributed by atoms with Crippen molar-refractivity contribution in [2.24, 2.45) is 11.1 Å². The molecule has 3 nitrogen and oxygen atoms in total. The van der Waals surface area contributed by atoms with Crippen molar-refractivity contribution in [3.63, 3.8) is 0 Å². The van der Waals surface area contributed by atoms with Gasteiger partial charge in [0.2, 0.25) is 0 Å². The Bertz CT molecular complexity index is 409. The smallest absolute Gasteiger partial charge is 0.118 e. The Morgan fingerprint density at radius 3 is 2.50 bits per heavy atom. The predicted octanol–water partition coefficient (Wildman–Crippen LogP) is 2.89. The lowest BCUT2D eigenvalue weighted by molar-refractivity contribution is 0.270. The third kappa shape index (κ3) is 4.11. The van der Waals surface area contributed by atoms with Crippen LogP contribution in [0, 0.1) is 5.41 Å². The molecule has 1 aliphatic rings. The molecular formula is C16H27ClN2O. The van der Waals surface area contributed by atoms with Gasteiger partial charge < -0.3 is 15.4 Å². The second-order valence-corrected chi connectivity index (χ2v) is 6.17. The molecule has 2 rings (SSSR count). The first-order valence-corrected chi connectivity index (χ1v) is 7.13. The van der Waals surface area contributed by atoms with Crippen molar-refractivity contribution in [3.05, 3.63) is 29.8 Å². The molecule has 2 N–H and O–H groups in total. The van der Waals surface area contributed by atoms with E-state index in [1.807, 2.05) is 12.1 Å². The van der Waals surface area contributed by atoms with Gasteiger partial charge in [0.1, 0.15) is 5.75 Å². The molecular weight excluding hydrogens is 272 g/mol. The Balaban J connectivity index is 0.00000200. The average molecular weight is 299 g/mol. The van der Waals surface area contributed by atoms with Crippen LogP contribution in [0.1, 0.15) is 31.7 Å². The van der Waals surface area contributed by atoms with Crippen molar-refractivity contribution in [3.8, 4) is 5.75 Å². The minimum Gasteiger partial charge on any atom is -0.497 e. The predicted molar refractivity (Wildman–Crippen MR) is 86.9 cm³/mol. The quantitative estimate of drug-likeness (QED) is 0.908. The van der Waals surface area contributed by atoms with Gasteiger partial charge in [0.15, 0.2) is 0 Å². The largest absolute Gasteiger partial charge is 0.497 e. The summed E-state index contributed by atoms with van der Waals surface area (Å²) in [6.45, 7) is 8.80. The highest BCUT2D eigenvalue weighted by Gasteiger charge is 2.32. The fraction of sp³-hybridized carbons (Fsp3) is 0.625. The number of rotatable bonds is 5. The van der Waals surface area contributed by atoms with Crippen LogP contribution in [0.5, 0.6) is 5.75 Å². The molecule has 0 aromatic heterocycles. The molecule has 20 heavy (non-hydrogen) atoms. The molecule has 0 bridgehead atoms. The molecule has 1 heterocycles. The standard InChI is InChI=1S/C16H26N2O.ClH/c1-13(14-4-6-15(19-3)7-5-14)10-18-9-8-16(2,11-17)12-18;/h4-7,13H,8-12,17H2,1-3H3;1H. The van der Waals surface area contributed by atoms with Crippen LogP contribution < -0.4 is 10.5 Å². The van der Waals surface area contributed by atoms with E-state index in [0.29, 0.717) is 11.3 Å². The molecule has 0 amide bonds. The van der Waals surface area contributed by atoms with Crippen LogP contribution in [0.25, 0.3) is 0 Å². The number of methoxy groups -OCH3 is 1. The third-order valence-corrected chi connectivity index (χ3v) is 4.35. The Morgan fingerprint density at radius 2 is 2.00 bits per heavy atom. The number of halogens is 1. The van der Waals surface area contributed by atoms with Crippen LogP contribution in [0.15, 0.2) is 24.3 Å². The van der Waals surface area contributed by atoms with Crippen molar-refractivity contribution in [1.82, 2.24) is 4.90 Å².